The summed E-state index contributed by atoms with van der Waals surface area (Å²) in [6.07, 6.45) is 0.707. The number of hydrogen-bond acceptors (Lipinski definition) is 5. The fourth-order valence-corrected chi connectivity index (χ4v) is 2.54. The van der Waals surface area contributed by atoms with Gasteiger partial charge in [0.25, 0.3) is 5.91 Å². The number of aryl methyl sites for hydroxylation is 1. The molecule has 100 valence electrons. The Morgan fingerprint density at radius 3 is 2.89 bits per heavy atom. The summed E-state index contributed by atoms with van der Waals surface area (Å²) in [4.78, 5) is 20.0. The third-order valence-corrected chi connectivity index (χ3v) is 3.59. The number of thiazole rings is 1. The van der Waals surface area contributed by atoms with E-state index in [1.807, 2.05) is 12.3 Å². The van der Waals surface area contributed by atoms with Crippen molar-refractivity contribution in [3.63, 3.8) is 0 Å². The maximum atomic E-state index is 11.9. The van der Waals surface area contributed by atoms with E-state index in [0.29, 0.717) is 18.5 Å². The predicted molar refractivity (Wildman–Crippen MR) is 76.5 cm³/mol. The summed E-state index contributed by atoms with van der Waals surface area (Å²) in [5.74, 6) is 0.0116. The molecule has 0 aliphatic rings. The van der Waals surface area contributed by atoms with Crippen LogP contribution in [0, 0.1) is 6.92 Å². The van der Waals surface area contributed by atoms with E-state index in [4.69, 9.17) is 17.3 Å². The highest BCUT2D eigenvalue weighted by Crippen LogP contribution is 2.12. The Balaban J connectivity index is 1.90. The topological polar surface area (TPSA) is 80.9 Å². The number of rotatable bonds is 4. The van der Waals surface area contributed by atoms with Gasteiger partial charge in [0.1, 0.15) is 11.0 Å². The highest BCUT2D eigenvalue weighted by Gasteiger charge is 2.08. The lowest BCUT2D eigenvalue weighted by Gasteiger charge is -2.05. The minimum atomic E-state index is -0.218. The highest BCUT2D eigenvalue weighted by atomic mass is 35.5. The number of nitrogen functional groups attached to an aromatic ring is 1. The standard InChI is InChI=1S/C12H13ClN4OS/c1-7-6-19-11(16-7)2-3-15-12(18)8-4-9(13)17-10(14)5-8/h4-6H,2-3H2,1H3,(H2,14,17)(H,15,18). The van der Waals surface area contributed by atoms with E-state index in [1.54, 1.807) is 11.3 Å². The summed E-state index contributed by atoms with van der Waals surface area (Å²) < 4.78 is 0. The third kappa shape index (κ3) is 3.90. The molecule has 1 amide bonds. The fraction of sp³-hybridized carbons (Fsp3) is 0.250. The first-order valence-corrected chi connectivity index (χ1v) is 6.92. The summed E-state index contributed by atoms with van der Waals surface area (Å²) in [5, 5.41) is 6.00. The first kappa shape index (κ1) is 13.8. The van der Waals surface area contributed by atoms with Crippen LogP contribution in [0.15, 0.2) is 17.5 Å². The van der Waals surface area contributed by atoms with Crippen molar-refractivity contribution in [2.24, 2.45) is 0 Å². The molecule has 0 saturated heterocycles. The SMILES string of the molecule is Cc1csc(CCNC(=O)c2cc(N)nc(Cl)c2)n1. The number of halogens is 1. The summed E-state index contributed by atoms with van der Waals surface area (Å²) >= 11 is 7.34. The zero-order valence-electron chi connectivity index (χ0n) is 10.3. The van der Waals surface area contributed by atoms with Crippen molar-refractivity contribution in [3.8, 4) is 0 Å². The van der Waals surface area contributed by atoms with Crippen molar-refractivity contribution >= 4 is 34.7 Å². The van der Waals surface area contributed by atoms with Gasteiger partial charge in [-0.15, -0.1) is 11.3 Å². The summed E-state index contributed by atoms with van der Waals surface area (Å²) in [5.41, 5.74) is 6.95. The van der Waals surface area contributed by atoms with Crippen molar-refractivity contribution in [1.29, 1.82) is 0 Å². The largest absolute Gasteiger partial charge is 0.384 e. The van der Waals surface area contributed by atoms with Gasteiger partial charge < -0.3 is 11.1 Å². The smallest absolute Gasteiger partial charge is 0.251 e. The van der Waals surface area contributed by atoms with E-state index < -0.39 is 0 Å². The molecule has 5 nitrogen and oxygen atoms in total. The number of pyridine rings is 1. The molecule has 7 heteroatoms. The van der Waals surface area contributed by atoms with Gasteiger partial charge >= 0.3 is 0 Å². The van der Waals surface area contributed by atoms with Crippen LogP contribution in [0.25, 0.3) is 0 Å². The van der Waals surface area contributed by atoms with Gasteiger partial charge in [0.2, 0.25) is 0 Å². The Kier molecular flexibility index (Phi) is 4.34. The Bertz CT molecular complexity index is 579. The molecule has 0 aromatic carbocycles. The average molecular weight is 297 g/mol. The van der Waals surface area contributed by atoms with Crippen LogP contribution in [0.1, 0.15) is 21.1 Å². The van der Waals surface area contributed by atoms with Crippen molar-refractivity contribution in [1.82, 2.24) is 15.3 Å². The Labute approximate surface area is 119 Å². The number of aromatic nitrogens is 2. The number of nitrogens with two attached hydrogens (primary N) is 1. The maximum absolute atomic E-state index is 11.9. The van der Waals surface area contributed by atoms with E-state index in [-0.39, 0.29) is 16.9 Å². The van der Waals surface area contributed by atoms with Gasteiger partial charge in [0, 0.05) is 29.6 Å². The molecule has 3 N–H and O–H groups in total. The summed E-state index contributed by atoms with van der Waals surface area (Å²) in [6, 6.07) is 2.98. The predicted octanol–water partition coefficient (Wildman–Crippen LogP) is 2.05. The Morgan fingerprint density at radius 2 is 2.26 bits per heavy atom. The average Bonchev–Trinajstić information content (AvgIpc) is 2.73. The van der Waals surface area contributed by atoms with Gasteiger partial charge in [-0.25, -0.2) is 9.97 Å². The first-order chi connectivity index (χ1) is 9.04. The number of nitrogens with zero attached hydrogens (tertiary/aromatic N) is 2. The Hall–Kier alpha value is -1.66. The molecule has 19 heavy (non-hydrogen) atoms. The minimum absolute atomic E-state index is 0.209. The van der Waals surface area contributed by atoms with Gasteiger partial charge in [-0.1, -0.05) is 11.6 Å². The molecule has 0 bridgehead atoms. The van der Waals surface area contributed by atoms with Crippen LogP contribution in [-0.4, -0.2) is 22.4 Å². The van der Waals surface area contributed by atoms with Crippen LogP contribution in [0.3, 0.4) is 0 Å². The molecule has 0 spiro atoms. The van der Waals surface area contributed by atoms with E-state index >= 15 is 0 Å². The molecule has 2 aromatic heterocycles. The molecule has 0 aliphatic carbocycles. The van der Waals surface area contributed by atoms with Crippen LogP contribution >= 0.6 is 22.9 Å². The monoisotopic (exact) mass is 296 g/mol. The van der Waals surface area contributed by atoms with Crippen molar-refractivity contribution in [2.75, 3.05) is 12.3 Å². The second-order valence-electron chi connectivity index (χ2n) is 3.99. The van der Waals surface area contributed by atoms with Crippen LogP contribution in [0.5, 0.6) is 0 Å². The number of nitrogens with one attached hydrogen (secondary N) is 1. The van der Waals surface area contributed by atoms with Gasteiger partial charge in [-0.05, 0) is 19.1 Å². The van der Waals surface area contributed by atoms with Crippen molar-refractivity contribution in [3.05, 3.63) is 38.9 Å². The number of carbonyl (C=O) groups excluding carboxylic acids is 1. The molecule has 2 heterocycles. The quantitative estimate of drug-likeness (QED) is 0.846. The maximum Gasteiger partial charge on any atom is 0.251 e. The van der Waals surface area contributed by atoms with E-state index in [2.05, 4.69) is 15.3 Å². The Morgan fingerprint density at radius 1 is 1.47 bits per heavy atom. The van der Waals surface area contributed by atoms with Crippen LogP contribution < -0.4 is 11.1 Å². The van der Waals surface area contributed by atoms with E-state index in [9.17, 15) is 4.79 Å². The fourth-order valence-electron chi connectivity index (χ4n) is 1.55. The molecule has 0 atom stereocenters. The minimum Gasteiger partial charge on any atom is -0.384 e. The second kappa shape index (κ2) is 5.99. The van der Waals surface area contributed by atoms with Gasteiger partial charge in [0.05, 0.1) is 5.01 Å². The normalized spacial score (nSPS) is 10.4. The highest BCUT2D eigenvalue weighted by molar-refractivity contribution is 7.09. The van der Waals surface area contributed by atoms with E-state index in [1.165, 1.54) is 12.1 Å². The van der Waals surface area contributed by atoms with E-state index in [0.717, 1.165) is 10.7 Å². The second-order valence-corrected chi connectivity index (χ2v) is 5.32. The summed E-state index contributed by atoms with van der Waals surface area (Å²) in [6.45, 7) is 2.46. The van der Waals surface area contributed by atoms with Crippen molar-refractivity contribution in [2.45, 2.75) is 13.3 Å². The van der Waals surface area contributed by atoms with Gasteiger partial charge in [0.15, 0.2) is 0 Å². The molecule has 0 saturated carbocycles. The zero-order chi connectivity index (χ0) is 13.8. The lowest BCUT2D eigenvalue weighted by atomic mass is 10.2. The number of amides is 1. The lowest BCUT2D eigenvalue weighted by Crippen LogP contribution is -2.25. The molecule has 2 aromatic rings. The molecule has 2 rings (SSSR count). The number of carbonyl (C=O) groups is 1. The van der Waals surface area contributed by atoms with Crippen LogP contribution in [0.2, 0.25) is 5.15 Å². The molecular formula is C12H13ClN4OS. The zero-order valence-corrected chi connectivity index (χ0v) is 11.9. The summed E-state index contributed by atoms with van der Waals surface area (Å²) in [7, 11) is 0. The molecule has 0 fully saturated rings. The third-order valence-electron chi connectivity index (χ3n) is 2.37. The van der Waals surface area contributed by atoms with Crippen LogP contribution in [0.4, 0.5) is 5.82 Å². The van der Waals surface area contributed by atoms with Gasteiger partial charge in [-0.3, -0.25) is 4.79 Å². The number of hydrogen-bond donors (Lipinski definition) is 2. The van der Waals surface area contributed by atoms with Crippen molar-refractivity contribution < 1.29 is 4.79 Å². The molecule has 0 unspecified atom stereocenters. The van der Waals surface area contributed by atoms with Gasteiger partial charge in [-0.2, -0.15) is 0 Å². The van der Waals surface area contributed by atoms with Crippen LogP contribution in [-0.2, 0) is 6.42 Å². The lowest BCUT2D eigenvalue weighted by molar-refractivity contribution is 0.0954. The first-order valence-electron chi connectivity index (χ1n) is 5.67. The molecule has 0 aliphatic heterocycles. The molecule has 0 radical (unpaired) electrons. The number of anilines is 1. The molecular weight excluding hydrogens is 284 g/mol.